The minimum Gasteiger partial charge on any atom is -0.375 e. The Labute approximate surface area is 91.5 Å². The number of hydrogen-bond donors (Lipinski definition) is 0. The number of carbonyl (C=O) groups excluding carboxylic acids is 1. The van der Waals surface area contributed by atoms with Crippen LogP contribution in [0.1, 0.15) is 20.8 Å². The normalized spacial score (nSPS) is 22.9. The maximum Gasteiger partial charge on any atom is 0.248 e. The maximum absolute atomic E-state index is 11.6. The van der Waals surface area contributed by atoms with Crippen LogP contribution < -0.4 is 0 Å². The van der Waals surface area contributed by atoms with Crippen LogP contribution in [0.3, 0.4) is 0 Å². The van der Waals surface area contributed by atoms with Crippen molar-refractivity contribution in [2.75, 3.05) is 33.4 Å². The molecular formula is C11H21NO3. The average molecular weight is 215 g/mol. The van der Waals surface area contributed by atoms with E-state index in [1.807, 2.05) is 4.90 Å². The predicted octanol–water partition coefficient (Wildman–Crippen LogP) is 0.906. The summed E-state index contributed by atoms with van der Waals surface area (Å²) < 4.78 is 10.5. The van der Waals surface area contributed by atoms with E-state index in [9.17, 15) is 4.79 Å². The molecule has 1 atom stereocenters. The highest BCUT2D eigenvalue weighted by atomic mass is 16.5. The molecule has 1 saturated heterocycles. The fraction of sp³-hybridized carbons (Fsp3) is 0.909. The minimum atomic E-state index is 0.0510. The first-order valence-electron chi connectivity index (χ1n) is 5.33. The third-order valence-electron chi connectivity index (χ3n) is 2.65. The number of rotatable bonds is 2. The van der Waals surface area contributed by atoms with Crippen molar-refractivity contribution in [2.24, 2.45) is 5.41 Å². The van der Waals surface area contributed by atoms with Gasteiger partial charge in [-0.15, -0.1) is 0 Å². The molecule has 0 aromatic heterocycles. The van der Waals surface area contributed by atoms with Crippen LogP contribution >= 0.6 is 0 Å². The Morgan fingerprint density at radius 2 is 2.20 bits per heavy atom. The predicted molar refractivity (Wildman–Crippen MR) is 57.7 cm³/mol. The number of nitrogens with zero attached hydrogens (tertiary/aromatic N) is 1. The van der Waals surface area contributed by atoms with Crippen molar-refractivity contribution in [3.63, 3.8) is 0 Å². The molecule has 4 nitrogen and oxygen atoms in total. The summed E-state index contributed by atoms with van der Waals surface area (Å²) in [6.07, 6.45) is 0.118. The van der Waals surface area contributed by atoms with Gasteiger partial charge in [0.25, 0.3) is 0 Å². The number of hydrogen-bond acceptors (Lipinski definition) is 3. The Kier molecular flexibility index (Phi) is 4.11. The summed E-state index contributed by atoms with van der Waals surface area (Å²) in [6, 6.07) is 0. The van der Waals surface area contributed by atoms with Crippen LogP contribution in [0, 0.1) is 5.41 Å². The fourth-order valence-corrected chi connectivity index (χ4v) is 1.61. The van der Waals surface area contributed by atoms with Crippen LogP contribution in [-0.4, -0.2) is 50.3 Å². The highest BCUT2D eigenvalue weighted by molar-refractivity contribution is 5.77. The molecular weight excluding hydrogens is 194 g/mol. The Bertz CT molecular complexity index is 222. The summed E-state index contributed by atoms with van der Waals surface area (Å²) in [5.41, 5.74) is 0.0754. The highest BCUT2D eigenvalue weighted by Gasteiger charge is 2.32. The first-order valence-corrected chi connectivity index (χ1v) is 5.33. The Morgan fingerprint density at radius 3 is 2.73 bits per heavy atom. The van der Waals surface area contributed by atoms with Gasteiger partial charge in [0.1, 0.15) is 6.61 Å². The summed E-state index contributed by atoms with van der Waals surface area (Å²) in [4.78, 5) is 13.4. The van der Waals surface area contributed by atoms with Gasteiger partial charge in [0.05, 0.1) is 12.7 Å². The Morgan fingerprint density at radius 1 is 1.53 bits per heavy atom. The van der Waals surface area contributed by atoms with E-state index < -0.39 is 0 Å². The molecule has 4 heteroatoms. The topological polar surface area (TPSA) is 38.8 Å². The second-order valence-corrected chi connectivity index (χ2v) is 5.00. The van der Waals surface area contributed by atoms with E-state index in [0.717, 1.165) is 0 Å². The second-order valence-electron chi connectivity index (χ2n) is 5.00. The average Bonchev–Trinajstić information content (AvgIpc) is 2.17. The van der Waals surface area contributed by atoms with Crippen molar-refractivity contribution in [1.82, 2.24) is 4.90 Å². The molecule has 1 aliphatic heterocycles. The van der Waals surface area contributed by atoms with Gasteiger partial charge in [0, 0.05) is 20.2 Å². The van der Waals surface area contributed by atoms with Crippen molar-refractivity contribution in [2.45, 2.75) is 26.9 Å². The molecule has 1 heterocycles. The largest absolute Gasteiger partial charge is 0.375 e. The first kappa shape index (κ1) is 12.5. The number of carbonyl (C=O) groups is 1. The number of amides is 1. The lowest BCUT2D eigenvalue weighted by molar-refractivity contribution is -0.147. The van der Waals surface area contributed by atoms with Crippen LogP contribution in [-0.2, 0) is 14.3 Å². The van der Waals surface area contributed by atoms with Crippen molar-refractivity contribution < 1.29 is 14.3 Å². The van der Waals surface area contributed by atoms with Crippen molar-refractivity contribution in [3.05, 3.63) is 0 Å². The number of methoxy groups -OCH3 is 1. The van der Waals surface area contributed by atoms with Crippen LogP contribution in [0.15, 0.2) is 0 Å². The van der Waals surface area contributed by atoms with Crippen LogP contribution in [0.25, 0.3) is 0 Å². The fourth-order valence-electron chi connectivity index (χ4n) is 1.61. The van der Waals surface area contributed by atoms with Gasteiger partial charge in [0.15, 0.2) is 0 Å². The smallest absolute Gasteiger partial charge is 0.248 e. The van der Waals surface area contributed by atoms with E-state index in [1.165, 1.54) is 0 Å². The van der Waals surface area contributed by atoms with Gasteiger partial charge in [-0.3, -0.25) is 4.79 Å². The standard InChI is InChI=1S/C11H21NO3/c1-11(2,3)9-7-12(5-6-15-9)10(13)8-14-4/h9H,5-8H2,1-4H3/t9-/m1/s1. The summed E-state index contributed by atoms with van der Waals surface area (Å²) >= 11 is 0. The van der Waals surface area contributed by atoms with Crippen LogP contribution in [0.2, 0.25) is 0 Å². The molecule has 1 aliphatic rings. The summed E-state index contributed by atoms with van der Waals surface area (Å²) in [5.74, 6) is 0.0510. The molecule has 0 spiro atoms. The lowest BCUT2D eigenvalue weighted by Gasteiger charge is -2.39. The van der Waals surface area contributed by atoms with E-state index in [2.05, 4.69) is 20.8 Å². The van der Waals surface area contributed by atoms with Crippen molar-refractivity contribution in [3.8, 4) is 0 Å². The summed E-state index contributed by atoms with van der Waals surface area (Å²) in [5, 5.41) is 0. The third kappa shape index (κ3) is 3.47. The van der Waals surface area contributed by atoms with E-state index in [-0.39, 0.29) is 24.0 Å². The molecule has 0 saturated carbocycles. The van der Waals surface area contributed by atoms with E-state index in [0.29, 0.717) is 19.7 Å². The lowest BCUT2D eigenvalue weighted by Crippen LogP contribution is -2.50. The zero-order valence-electron chi connectivity index (χ0n) is 10.1. The van der Waals surface area contributed by atoms with Crippen molar-refractivity contribution >= 4 is 5.91 Å². The molecule has 0 bridgehead atoms. The monoisotopic (exact) mass is 215 g/mol. The number of ether oxygens (including phenoxy) is 2. The molecule has 15 heavy (non-hydrogen) atoms. The zero-order chi connectivity index (χ0) is 11.5. The van der Waals surface area contributed by atoms with Crippen LogP contribution in [0.4, 0.5) is 0 Å². The molecule has 0 unspecified atom stereocenters. The van der Waals surface area contributed by atoms with Crippen molar-refractivity contribution in [1.29, 1.82) is 0 Å². The van der Waals surface area contributed by atoms with E-state index >= 15 is 0 Å². The Hall–Kier alpha value is -0.610. The molecule has 1 rings (SSSR count). The molecule has 88 valence electrons. The van der Waals surface area contributed by atoms with E-state index in [1.54, 1.807) is 7.11 Å². The Balaban J connectivity index is 2.52. The van der Waals surface area contributed by atoms with Gasteiger partial charge < -0.3 is 14.4 Å². The minimum absolute atomic E-state index is 0.0510. The van der Waals surface area contributed by atoms with Crippen LogP contribution in [0.5, 0.6) is 0 Å². The van der Waals surface area contributed by atoms with Gasteiger partial charge in [0.2, 0.25) is 5.91 Å². The van der Waals surface area contributed by atoms with Gasteiger partial charge in [-0.25, -0.2) is 0 Å². The SMILES string of the molecule is COCC(=O)N1CCO[C@@H](C(C)(C)C)C1. The van der Waals surface area contributed by atoms with Gasteiger partial charge in [-0.1, -0.05) is 20.8 Å². The summed E-state index contributed by atoms with van der Waals surface area (Å²) in [6.45, 7) is 8.51. The van der Waals surface area contributed by atoms with Gasteiger partial charge >= 0.3 is 0 Å². The maximum atomic E-state index is 11.6. The molecule has 0 aromatic carbocycles. The molecule has 0 aromatic rings. The summed E-state index contributed by atoms with van der Waals surface area (Å²) in [7, 11) is 1.54. The molecule has 0 N–H and O–H groups in total. The number of morpholine rings is 1. The van der Waals surface area contributed by atoms with Gasteiger partial charge in [-0.05, 0) is 5.41 Å². The van der Waals surface area contributed by atoms with E-state index in [4.69, 9.17) is 9.47 Å². The lowest BCUT2D eigenvalue weighted by atomic mass is 9.88. The molecule has 1 fully saturated rings. The molecule has 0 radical (unpaired) electrons. The first-order chi connectivity index (χ1) is 6.95. The molecule has 1 amide bonds. The zero-order valence-corrected chi connectivity index (χ0v) is 10.1. The molecule has 0 aliphatic carbocycles. The van der Waals surface area contributed by atoms with Gasteiger partial charge in [-0.2, -0.15) is 0 Å². The highest BCUT2D eigenvalue weighted by Crippen LogP contribution is 2.25. The second kappa shape index (κ2) is 4.94. The quantitative estimate of drug-likeness (QED) is 0.687. The third-order valence-corrected chi connectivity index (χ3v) is 2.65.